The van der Waals surface area contributed by atoms with Crippen molar-refractivity contribution in [2.45, 2.75) is 25.2 Å². The van der Waals surface area contributed by atoms with Gasteiger partial charge in [0.1, 0.15) is 0 Å². The zero-order chi connectivity index (χ0) is 25.6. The van der Waals surface area contributed by atoms with Crippen molar-refractivity contribution in [2.24, 2.45) is 0 Å². The first-order valence-electron chi connectivity index (χ1n) is 11.9. The molecular weight excluding hydrogens is 486 g/mol. The van der Waals surface area contributed by atoms with E-state index in [1.54, 1.807) is 30.3 Å². The summed E-state index contributed by atoms with van der Waals surface area (Å²) in [5, 5.41) is 7.68. The van der Waals surface area contributed by atoms with E-state index >= 15 is 0 Å². The first kappa shape index (κ1) is 24.3. The smallest absolute Gasteiger partial charge is 0.411 e. The molecule has 0 radical (unpaired) electrons. The Morgan fingerprint density at radius 1 is 0.865 bits per heavy atom. The van der Waals surface area contributed by atoms with Crippen molar-refractivity contribution in [2.75, 3.05) is 5.32 Å². The summed E-state index contributed by atoms with van der Waals surface area (Å²) in [6.45, 7) is 0.557. The molecule has 1 saturated heterocycles. The minimum atomic E-state index is -0.889. The van der Waals surface area contributed by atoms with Gasteiger partial charge < -0.3 is 15.4 Å². The summed E-state index contributed by atoms with van der Waals surface area (Å²) in [7, 11) is 0. The van der Waals surface area contributed by atoms with E-state index in [4.69, 9.17) is 4.74 Å². The highest BCUT2D eigenvalue weighted by Crippen LogP contribution is 2.35. The molecule has 2 atom stereocenters. The fraction of sp³-hybridized carbons (Fsp3) is 0.138. The van der Waals surface area contributed by atoms with Crippen molar-refractivity contribution >= 4 is 34.9 Å². The summed E-state index contributed by atoms with van der Waals surface area (Å²) in [6, 6.07) is 28.8. The maximum Gasteiger partial charge on any atom is 0.411 e. The minimum Gasteiger partial charge on any atom is -0.438 e. The summed E-state index contributed by atoms with van der Waals surface area (Å²) in [5.74, 6) is -0.540. The van der Waals surface area contributed by atoms with E-state index in [2.05, 4.69) is 10.6 Å². The van der Waals surface area contributed by atoms with Crippen LogP contribution in [-0.2, 0) is 22.6 Å². The quantitative estimate of drug-likeness (QED) is 0.333. The number of nitrogens with one attached hydrogen (secondary N) is 2. The first-order valence-corrected chi connectivity index (χ1v) is 12.7. The van der Waals surface area contributed by atoms with Gasteiger partial charge in [0, 0.05) is 12.2 Å². The highest BCUT2D eigenvalue weighted by atomic mass is 32.1. The Kier molecular flexibility index (Phi) is 7.28. The SMILES string of the molecule is O=C(Nc1cccc(C2OC(=O)N(Cc3ccccc3)C2C(=O)NCc2ccccc2)c1)c1cccs1. The Balaban J connectivity index is 1.40. The molecule has 7 nitrogen and oxygen atoms in total. The number of ether oxygens (including phenoxy) is 1. The molecule has 2 N–H and O–H groups in total. The molecule has 0 saturated carbocycles. The van der Waals surface area contributed by atoms with Gasteiger partial charge >= 0.3 is 6.09 Å². The molecule has 37 heavy (non-hydrogen) atoms. The van der Waals surface area contributed by atoms with E-state index in [-0.39, 0.29) is 18.4 Å². The number of rotatable bonds is 8. The number of carbonyl (C=O) groups is 3. The molecule has 1 fully saturated rings. The molecule has 2 heterocycles. The lowest BCUT2D eigenvalue weighted by Gasteiger charge is -2.24. The lowest BCUT2D eigenvalue weighted by atomic mass is 10.00. The molecule has 3 aromatic carbocycles. The summed E-state index contributed by atoms with van der Waals surface area (Å²) < 4.78 is 5.77. The number of anilines is 1. The van der Waals surface area contributed by atoms with Crippen LogP contribution >= 0.6 is 11.3 Å². The molecule has 1 aromatic heterocycles. The third kappa shape index (κ3) is 5.70. The largest absolute Gasteiger partial charge is 0.438 e. The standard InChI is InChI=1S/C29H25N3O4S/c33-27(24-15-8-16-37-24)31-23-14-7-13-22(17-23)26-25(28(34)30-18-20-9-3-1-4-10-20)32(29(35)36-26)19-21-11-5-2-6-12-21/h1-17,25-26H,18-19H2,(H,30,34)(H,31,33). The fourth-order valence-electron chi connectivity index (χ4n) is 4.27. The van der Waals surface area contributed by atoms with Gasteiger partial charge in [0.2, 0.25) is 5.91 Å². The molecule has 186 valence electrons. The number of benzene rings is 3. The van der Waals surface area contributed by atoms with Crippen LogP contribution in [0.1, 0.15) is 32.5 Å². The van der Waals surface area contributed by atoms with E-state index < -0.39 is 18.2 Å². The van der Waals surface area contributed by atoms with E-state index in [1.165, 1.54) is 16.2 Å². The Morgan fingerprint density at radius 3 is 2.30 bits per heavy atom. The molecule has 3 amide bonds. The van der Waals surface area contributed by atoms with Crippen LogP contribution in [0.5, 0.6) is 0 Å². The van der Waals surface area contributed by atoms with E-state index in [0.29, 0.717) is 22.7 Å². The summed E-state index contributed by atoms with van der Waals surface area (Å²) >= 11 is 1.35. The summed E-state index contributed by atoms with van der Waals surface area (Å²) in [5.41, 5.74) is 3.01. The van der Waals surface area contributed by atoms with Crippen LogP contribution in [0.2, 0.25) is 0 Å². The van der Waals surface area contributed by atoms with Gasteiger partial charge in [0.25, 0.3) is 5.91 Å². The Bertz CT molecular complexity index is 1380. The highest BCUT2D eigenvalue weighted by molar-refractivity contribution is 7.12. The fourth-order valence-corrected chi connectivity index (χ4v) is 4.89. The normalized spacial score (nSPS) is 16.8. The Morgan fingerprint density at radius 2 is 1.59 bits per heavy atom. The number of amides is 3. The van der Waals surface area contributed by atoms with Crippen molar-refractivity contribution in [3.05, 3.63) is 124 Å². The number of cyclic esters (lactones) is 1. The van der Waals surface area contributed by atoms with Gasteiger partial charge in [0.05, 0.1) is 11.4 Å². The Hall–Kier alpha value is -4.43. The van der Waals surface area contributed by atoms with E-state index in [9.17, 15) is 14.4 Å². The molecule has 1 aliphatic rings. The first-order chi connectivity index (χ1) is 18.1. The molecule has 0 bridgehead atoms. The molecule has 0 aliphatic carbocycles. The third-order valence-electron chi connectivity index (χ3n) is 6.08. The number of nitrogens with zero attached hydrogens (tertiary/aromatic N) is 1. The second-order valence-corrected chi connectivity index (χ2v) is 9.57. The predicted molar refractivity (Wildman–Crippen MR) is 142 cm³/mol. The molecule has 5 rings (SSSR count). The van der Waals surface area contributed by atoms with Crippen LogP contribution in [0.3, 0.4) is 0 Å². The van der Waals surface area contributed by atoms with Crippen molar-refractivity contribution in [3.8, 4) is 0 Å². The highest BCUT2D eigenvalue weighted by Gasteiger charge is 2.47. The lowest BCUT2D eigenvalue weighted by molar-refractivity contribution is -0.126. The van der Waals surface area contributed by atoms with Crippen LogP contribution < -0.4 is 10.6 Å². The molecule has 2 unspecified atom stereocenters. The van der Waals surface area contributed by atoms with Crippen LogP contribution in [0.25, 0.3) is 0 Å². The second-order valence-electron chi connectivity index (χ2n) is 8.62. The van der Waals surface area contributed by atoms with E-state index in [0.717, 1.165) is 11.1 Å². The summed E-state index contributed by atoms with van der Waals surface area (Å²) in [6.07, 6.45) is -1.41. The van der Waals surface area contributed by atoms with Gasteiger partial charge in [-0.3, -0.25) is 14.5 Å². The van der Waals surface area contributed by atoms with Crippen molar-refractivity contribution in [1.82, 2.24) is 10.2 Å². The van der Waals surface area contributed by atoms with Gasteiger partial charge in [-0.2, -0.15) is 0 Å². The van der Waals surface area contributed by atoms with Crippen LogP contribution in [-0.4, -0.2) is 28.8 Å². The predicted octanol–water partition coefficient (Wildman–Crippen LogP) is 5.38. The number of hydrogen-bond acceptors (Lipinski definition) is 5. The van der Waals surface area contributed by atoms with Crippen molar-refractivity contribution < 1.29 is 19.1 Å². The third-order valence-corrected chi connectivity index (χ3v) is 6.95. The second kappa shape index (κ2) is 11.1. The lowest BCUT2D eigenvalue weighted by Crippen LogP contribution is -2.46. The van der Waals surface area contributed by atoms with Crippen molar-refractivity contribution in [1.29, 1.82) is 0 Å². The van der Waals surface area contributed by atoms with Gasteiger partial charge in [-0.15, -0.1) is 11.3 Å². The Labute approximate surface area is 218 Å². The molecule has 0 spiro atoms. The zero-order valence-corrected chi connectivity index (χ0v) is 20.7. The van der Waals surface area contributed by atoms with Crippen LogP contribution in [0.4, 0.5) is 10.5 Å². The van der Waals surface area contributed by atoms with E-state index in [1.807, 2.05) is 72.1 Å². The molecule has 4 aromatic rings. The van der Waals surface area contributed by atoms with Crippen LogP contribution in [0, 0.1) is 0 Å². The van der Waals surface area contributed by atoms with Crippen molar-refractivity contribution in [3.63, 3.8) is 0 Å². The number of carbonyl (C=O) groups excluding carboxylic acids is 3. The molecular formula is C29H25N3O4S. The monoisotopic (exact) mass is 511 g/mol. The number of thiophene rings is 1. The maximum absolute atomic E-state index is 13.5. The van der Waals surface area contributed by atoms with Crippen LogP contribution in [0.15, 0.2) is 102 Å². The molecule has 8 heteroatoms. The zero-order valence-electron chi connectivity index (χ0n) is 19.9. The topological polar surface area (TPSA) is 87.7 Å². The minimum absolute atomic E-state index is 0.224. The molecule has 1 aliphatic heterocycles. The summed E-state index contributed by atoms with van der Waals surface area (Å²) in [4.78, 5) is 41.1. The number of hydrogen-bond donors (Lipinski definition) is 2. The average Bonchev–Trinajstić information content (AvgIpc) is 3.58. The van der Waals surface area contributed by atoms with Gasteiger partial charge in [-0.25, -0.2) is 4.79 Å². The maximum atomic E-state index is 13.5. The van der Waals surface area contributed by atoms with Gasteiger partial charge in [-0.05, 0) is 40.3 Å². The van der Waals surface area contributed by atoms with Gasteiger partial charge in [0.15, 0.2) is 12.1 Å². The average molecular weight is 512 g/mol. The van der Waals surface area contributed by atoms with Gasteiger partial charge in [-0.1, -0.05) is 78.9 Å².